The van der Waals surface area contributed by atoms with Gasteiger partial charge in [0.15, 0.2) is 23.0 Å². The fourth-order valence-electron chi connectivity index (χ4n) is 3.28. The van der Waals surface area contributed by atoms with Crippen molar-refractivity contribution in [2.24, 2.45) is 0 Å². The molecular formula is C23H24N4O8S. The van der Waals surface area contributed by atoms with Crippen LogP contribution < -0.4 is 34.3 Å². The summed E-state index contributed by atoms with van der Waals surface area (Å²) in [5, 5.41) is 13.5. The van der Waals surface area contributed by atoms with Crippen molar-refractivity contribution in [2.45, 2.75) is 11.8 Å². The summed E-state index contributed by atoms with van der Waals surface area (Å²) < 4.78 is 32.3. The van der Waals surface area contributed by atoms with E-state index < -0.39 is 5.91 Å². The smallest absolute Gasteiger partial charge is 0.277 e. The molecule has 2 heterocycles. The van der Waals surface area contributed by atoms with Crippen molar-refractivity contribution in [3.63, 3.8) is 0 Å². The molecule has 0 bridgehead atoms. The first kappa shape index (κ1) is 25.0. The monoisotopic (exact) mass is 516 g/mol. The van der Waals surface area contributed by atoms with Crippen molar-refractivity contribution in [1.82, 2.24) is 15.5 Å². The van der Waals surface area contributed by atoms with Crippen LogP contribution in [0.25, 0.3) is 0 Å². The first-order valence-corrected chi connectivity index (χ1v) is 11.7. The van der Waals surface area contributed by atoms with E-state index >= 15 is 0 Å². The van der Waals surface area contributed by atoms with E-state index in [4.69, 9.17) is 28.1 Å². The minimum atomic E-state index is -0.402. The molecule has 2 amide bonds. The number of thioether (sulfide) groups is 1. The molecule has 3 aromatic rings. The lowest BCUT2D eigenvalue weighted by Crippen LogP contribution is -2.23. The number of hydrogen-bond acceptors (Lipinski definition) is 11. The Morgan fingerprint density at radius 1 is 0.972 bits per heavy atom. The van der Waals surface area contributed by atoms with E-state index in [9.17, 15) is 9.59 Å². The molecule has 0 saturated carbocycles. The normalized spacial score (nSPS) is 12.0. The first-order chi connectivity index (χ1) is 17.5. The molecule has 2 aromatic carbocycles. The second-order valence-electron chi connectivity index (χ2n) is 7.25. The quantitative estimate of drug-likeness (QED) is 0.384. The molecule has 12 nitrogen and oxygen atoms in total. The third-order valence-corrected chi connectivity index (χ3v) is 5.75. The van der Waals surface area contributed by atoms with Crippen molar-refractivity contribution in [2.75, 3.05) is 45.6 Å². The highest BCUT2D eigenvalue weighted by molar-refractivity contribution is 7.99. The predicted molar refractivity (Wildman–Crippen MR) is 128 cm³/mol. The molecule has 36 heavy (non-hydrogen) atoms. The third-order valence-electron chi connectivity index (χ3n) is 4.93. The van der Waals surface area contributed by atoms with Gasteiger partial charge in [-0.15, -0.1) is 10.2 Å². The van der Waals surface area contributed by atoms with Gasteiger partial charge in [0.05, 0.1) is 33.6 Å². The molecule has 2 N–H and O–H groups in total. The molecule has 190 valence electrons. The number of hydrogen-bond donors (Lipinski definition) is 2. The number of carbonyl (C=O) groups excluding carboxylic acids is 2. The number of methoxy groups -OCH3 is 3. The van der Waals surface area contributed by atoms with Crippen LogP contribution in [0.2, 0.25) is 0 Å². The minimum Gasteiger partial charge on any atom is -0.493 e. The van der Waals surface area contributed by atoms with E-state index in [1.54, 1.807) is 18.2 Å². The van der Waals surface area contributed by atoms with Crippen molar-refractivity contribution in [1.29, 1.82) is 0 Å². The number of nitrogens with one attached hydrogen (secondary N) is 2. The number of amides is 2. The molecule has 0 fully saturated rings. The Hall–Kier alpha value is -4.13. The standard InChI is InChI=1S/C23H24N4O8S/c1-30-17-8-13(9-18(31-2)21(17)32-3)22(29)24-11-20-26-27-23(35-20)36-12-19(28)25-14-4-5-15-16(10-14)34-7-6-33-15/h4-5,8-10H,6-7,11-12H2,1-3H3,(H,24,29)(H,25,28). The maximum Gasteiger partial charge on any atom is 0.277 e. The van der Waals surface area contributed by atoms with E-state index in [-0.39, 0.29) is 29.3 Å². The Kier molecular flexibility index (Phi) is 8.00. The Balaban J connectivity index is 1.28. The van der Waals surface area contributed by atoms with Crippen LogP contribution in [-0.2, 0) is 11.3 Å². The average Bonchev–Trinajstić information content (AvgIpc) is 3.37. The van der Waals surface area contributed by atoms with Gasteiger partial charge in [-0.05, 0) is 24.3 Å². The van der Waals surface area contributed by atoms with E-state index in [0.29, 0.717) is 53.2 Å². The fraction of sp³-hybridized carbons (Fsp3) is 0.304. The Morgan fingerprint density at radius 2 is 1.69 bits per heavy atom. The zero-order valence-electron chi connectivity index (χ0n) is 19.8. The summed E-state index contributed by atoms with van der Waals surface area (Å²) >= 11 is 1.07. The third kappa shape index (κ3) is 5.92. The number of nitrogens with zero attached hydrogens (tertiary/aromatic N) is 2. The van der Waals surface area contributed by atoms with Crippen LogP contribution in [0.5, 0.6) is 28.7 Å². The number of rotatable bonds is 10. The van der Waals surface area contributed by atoms with Gasteiger partial charge in [0.2, 0.25) is 17.5 Å². The molecule has 0 radical (unpaired) electrons. The number of ether oxygens (including phenoxy) is 5. The lowest BCUT2D eigenvalue weighted by Gasteiger charge is -2.18. The van der Waals surface area contributed by atoms with Crippen LogP contribution in [0, 0.1) is 0 Å². The van der Waals surface area contributed by atoms with Crippen LogP contribution in [0.3, 0.4) is 0 Å². The second-order valence-corrected chi connectivity index (χ2v) is 8.18. The lowest BCUT2D eigenvalue weighted by molar-refractivity contribution is -0.113. The molecule has 4 rings (SSSR count). The van der Waals surface area contributed by atoms with Crippen LogP contribution in [0.15, 0.2) is 40.0 Å². The van der Waals surface area contributed by atoms with E-state index in [1.165, 1.54) is 33.5 Å². The second kappa shape index (κ2) is 11.5. The van der Waals surface area contributed by atoms with E-state index in [0.717, 1.165) is 11.8 Å². The van der Waals surface area contributed by atoms with Crippen LogP contribution >= 0.6 is 11.8 Å². The SMILES string of the molecule is COc1cc(C(=O)NCc2nnc(SCC(=O)Nc3ccc4c(c3)OCCO4)o2)cc(OC)c1OC. The Morgan fingerprint density at radius 3 is 2.39 bits per heavy atom. The van der Waals surface area contributed by atoms with Gasteiger partial charge in [0.25, 0.3) is 11.1 Å². The molecule has 0 saturated heterocycles. The molecule has 0 spiro atoms. The predicted octanol–water partition coefficient (Wildman–Crippen LogP) is 2.53. The maximum absolute atomic E-state index is 12.6. The Bertz CT molecular complexity index is 1220. The first-order valence-electron chi connectivity index (χ1n) is 10.7. The summed E-state index contributed by atoms with van der Waals surface area (Å²) in [6, 6.07) is 8.25. The summed E-state index contributed by atoms with van der Waals surface area (Å²) in [7, 11) is 4.41. The maximum atomic E-state index is 12.6. The average molecular weight is 517 g/mol. The highest BCUT2D eigenvalue weighted by atomic mass is 32.2. The van der Waals surface area contributed by atoms with Gasteiger partial charge in [0, 0.05) is 17.3 Å². The molecule has 1 aliphatic rings. The molecule has 1 aliphatic heterocycles. The topological polar surface area (TPSA) is 143 Å². The number of benzene rings is 2. The summed E-state index contributed by atoms with van der Waals surface area (Å²) in [4.78, 5) is 24.9. The van der Waals surface area contributed by atoms with Gasteiger partial charge >= 0.3 is 0 Å². The number of fused-ring (bicyclic) bond motifs is 1. The zero-order valence-corrected chi connectivity index (χ0v) is 20.6. The number of carbonyl (C=O) groups is 2. The molecular weight excluding hydrogens is 492 g/mol. The van der Waals surface area contributed by atoms with Gasteiger partial charge in [-0.3, -0.25) is 9.59 Å². The van der Waals surface area contributed by atoms with Gasteiger partial charge in [-0.1, -0.05) is 11.8 Å². The van der Waals surface area contributed by atoms with Gasteiger partial charge < -0.3 is 38.7 Å². The molecule has 1 aromatic heterocycles. The van der Waals surface area contributed by atoms with Crippen molar-refractivity contribution >= 4 is 29.3 Å². The number of aromatic nitrogens is 2. The summed E-state index contributed by atoms with van der Waals surface area (Å²) in [5.74, 6) is 1.90. The minimum absolute atomic E-state index is 0.00749. The fourth-order valence-corrected chi connectivity index (χ4v) is 3.86. The zero-order chi connectivity index (χ0) is 25.5. The summed E-state index contributed by atoms with van der Waals surface area (Å²) in [5.41, 5.74) is 0.889. The van der Waals surface area contributed by atoms with Crippen molar-refractivity contribution < 1.29 is 37.7 Å². The highest BCUT2D eigenvalue weighted by Crippen LogP contribution is 2.38. The molecule has 13 heteroatoms. The van der Waals surface area contributed by atoms with Crippen LogP contribution in [0.1, 0.15) is 16.2 Å². The highest BCUT2D eigenvalue weighted by Gasteiger charge is 2.18. The van der Waals surface area contributed by atoms with Gasteiger partial charge in [-0.25, -0.2) is 0 Å². The van der Waals surface area contributed by atoms with Crippen molar-refractivity contribution in [3.05, 3.63) is 41.8 Å². The van der Waals surface area contributed by atoms with Crippen molar-refractivity contribution in [3.8, 4) is 28.7 Å². The van der Waals surface area contributed by atoms with Gasteiger partial charge in [0.1, 0.15) is 13.2 Å². The number of anilines is 1. The Labute approximate surface area is 210 Å². The summed E-state index contributed by atoms with van der Waals surface area (Å²) in [6.45, 7) is 0.950. The van der Waals surface area contributed by atoms with Gasteiger partial charge in [-0.2, -0.15) is 0 Å². The molecule has 0 unspecified atom stereocenters. The molecule has 0 aliphatic carbocycles. The van der Waals surface area contributed by atoms with Crippen LogP contribution in [-0.4, -0.2) is 62.3 Å². The lowest BCUT2D eigenvalue weighted by atomic mass is 10.1. The largest absolute Gasteiger partial charge is 0.493 e. The van der Waals surface area contributed by atoms with E-state index in [2.05, 4.69) is 20.8 Å². The van der Waals surface area contributed by atoms with E-state index in [1.807, 2.05) is 0 Å². The summed E-state index contributed by atoms with van der Waals surface area (Å²) in [6.07, 6.45) is 0. The molecule has 0 atom stereocenters. The van der Waals surface area contributed by atoms with Crippen LogP contribution in [0.4, 0.5) is 5.69 Å².